The summed E-state index contributed by atoms with van der Waals surface area (Å²) in [6, 6.07) is 4.61. The number of piperazine rings is 1. The first-order valence-electron chi connectivity index (χ1n) is 6.96. The van der Waals surface area contributed by atoms with Gasteiger partial charge in [0, 0.05) is 30.7 Å². The lowest BCUT2D eigenvalue weighted by Gasteiger charge is -2.38. The molecule has 1 saturated heterocycles. The molecule has 1 fully saturated rings. The fourth-order valence-electron chi connectivity index (χ4n) is 2.71. The number of nitrogens with zero attached hydrogens (tertiary/aromatic N) is 2. The van der Waals surface area contributed by atoms with Crippen LogP contribution in [0.15, 0.2) is 18.2 Å². The summed E-state index contributed by atoms with van der Waals surface area (Å²) in [6.07, 6.45) is 0.562. The van der Waals surface area contributed by atoms with Crippen LogP contribution in [0.5, 0.6) is 0 Å². The highest BCUT2D eigenvalue weighted by Gasteiger charge is 2.24. The summed E-state index contributed by atoms with van der Waals surface area (Å²) in [5.74, 6) is -0.314. The van der Waals surface area contributed by atoms with Gasteiger partial charge in [-0.3, -0.25) is 0 Å². The van der Waals surface area contributed by atoms with Gasteiger partial charge in [-0.05, 0) is 50.7 Å². The van der Waals surface area contributed by atoms with E-state index < -0.39 is 6.10 Å². The maximum Gasteiger partial charge on any atom is 0.123 e. The molecule has 0 radical (unpaired) electrons. The van der Waals surface area contributed by atoms with E-state index in [2.05, 4.69) is 23.9 Å². The molecule has 20 heavy (non-hydrogen) atoms. The van der Waals surface area contributed by atoms with Crippen LogP contribution < -0.4 is 0 Å². The van der Waals surface area contributed by atoms with Crippen LogP contribution in [0.1, 0.15) is 12.0 Å². The molecule has 112 valence electrons. The molecule has 1 aromatic rings. The topological polar surface area (TPSA) is 26.7 Å². The second kappa shape index (κ2) is 6.85. The largest absolute Gasteiger partial charge is 0.393 e. The summed E-state index contributed by atoms with van der Waals surface area (Å²) in [6.45, 7) is 3.01. The van der Waals surface area contributed by atoms with Crippen LogP contribution in [0.3, 0.4) is 0 Å². The second-order valence-corrected chi connectivity index (χ2v) is 6.13. The highest BCUT2D eigenvalue weighted by molar-refractivity contribution is 6.31. The molecule has 2 rings (SSSR count). The van der Waals surface area contributed by atoms with Crippen molar-refractivity contribution in [1.29, 1.82) is 0 Å². The third kappa shape index (κ3) is 4.16. The predicted molar refractivity (Wildman–Crippen MR) is 79.7 cm³/mol. The molecular weight excluding hydrogens is 279 g/mol. The fraction of sp³-hybridized carbons (Fsp3) is 0.600. The van der Waals surface area contributed by atoms with E-state index in [-0.39, 0.29) is 5.82 Å². The monoisotopic (exact) mass is 300 g/mol. The van der Waals surface area contributed by atoms with E-state index >= 15 is 0 Å². The first-order valence-corrected chi connectivity index (χ1v) is 7.34. The van der Waals surface area contributed by atoms with Crippen LogP contribution in [0.4, 0.5) is 4.39 Å². The first-order chi connectivity index (χ1) is 9.45. The van der Waals surface area contributed by atoms with E-state index in [0.717, 1.165) is 19.6 Å². The van der Waals surface area contributed by atoms with E-state index in [9.17, 15) is 9.50 Å². The van der Waals surface area contributed by atoms with Crippen molar-refractivity contribution in [2.45, 2.75) is 25.0 Å². The van der Waals surface area contributed by atoms with E-state index in [1.54, 1.807) is 6.07 Å². The number of aliphatic hydroxyl groups excluding tert-OH is 1. The van der Waals surface area contributed by atoms with E-state index in [1.165, 1.54) is 12.1 Å². The lowest BCUT2D eigenvalue weighted by atomic mass is 9.99. The molecule has 0 saturated carbocycles. The van der Waals surface area contributed by atoms with Crippen molar-refractivity contribution in [3.05, 3.63) is 34.6 Å². The number of benzene rings is 1. The molecule has 5 heteroatoms. The van der Waals surface area contributed by atoms with E-state index in [0.29, 0.717) is 29.5 Å². The lowest BCUT2D eigenvalue weighted by molar-refractivity contribution is 0.0639. The third-order valence-electron chi connectivity index (χ3n) is 3.99. The highest BCUT2D eigenvalue weighted by Crippen LogP contribution is 2.21. The zero-order valence-electron chi connectivity index (χ0n) is 12.0. The van der Waals surface area contributed by atoms with Gasteiger partial charge in [-0.25, -0.2) is 4.39 Å². The van der Waals surface area contributed by atoms with E-state index in [1.807, 2.05) is 0 Å². The molecule has 0 aromatic heterocycles. The van der Waals surface area contributed by atoms with Crippen molar-refractivity contribution in [3.8, 4) is 0 Å². The average Bonchev–Trinajstić information content (AvgIpc) is 2.38. The van der Waals surface area contributed by atoms with Crippen LogP contribution in [0.25, 0.3) is 0 Å². The van der Waals surface area contributed by atoms with Crippen molar-refractivity contribution in [3.63, 3.8) is 0 Å². The Kier molecular flexibility index (Phi) is 5.38. The van der Waals surface area contributed by atoms with Gasteiger partial charge < -0.3 is 14.9 Å². The number of halogens is 2. The van der Waals surface area contributed by atoms with Crippen LogP contribution in [0.2, 0.25) is 5.02 Å². The van der Waals surface area contributed by atoms with Crippen LogP contribution >= 0.6 is 11.6 Å². The predicted octanol–water partition coefficient (Wildman–Crippen LogP) is 2.02. The maximum absolute atomic E-state index is 13.2. The van der Waals surface area contributed by atoms with Crippen molar-refractivity contribution in [2.75, 3.05) is 33.7 Å². The summed E-state index contributed by atoms with van der Waals surface area (Å²) >= 11 is 6.04. The Labute approximate surface area is 124 Å². The molecule has 2 atom stereocenters. The number of rotatable bonds is 4. The summed E-state index contributed by atoms with van der Waals surface area (Å²) in [4.78, 5) is 4.54. The summed E-state index contributed by atoms with van der Waals surface area (Å²) < 4.78 is 13.2. The molecule has 0 spiro atoms. The molecule has 1 N–H and O–H groups in total. The zero-order chi connectivity index (χ0) is 14.7. The normalized spacial score (nSPS) is 22.9. The van der Waals surface area contributed by atoms with Gasteiger partial charge in [0.15, 0.2) is 0 Å². The Morgan fingerprint density at radius 1 is 1.40 bits per heavy atom. The van der Waals surface area contributed by atoms with Crippen molar-refractivity contribution >= 4 is 11.6 Å². The average molecular weight is 301 g/mol. The van der Waals surface area contributed by atoms with Crippen molar-refractivity contribution in [2.24, 2.45) is 0 Å². The molecule has 0 amide bonds. The Morgan fingerprint density at radius 2 is 2.15 bits per heavy atom. The zero-order valence-corrected chi connectivity index (χ0v) is 12.8. The molecule has 1 aliphatic rings. The smallest absolute Gasteiger partial charge is 0.123 e. The van der Waals surface area contributed by atoms with Gasteiger partial charge in [-0.1, -0.05) is 11.6 Å². The number of hydrogen-bond acceptors (Lipinski definition) is 3. The van der Waals surface area contributed by atoms with Gasteiger partial charge in [0.1, 0.15) is 5.82 Å². The molecule has 1 heterocycles. The van der Waals surface area contributed by atoms with Crippen LogP contribution in [-0.4, -0.2) is 60.8 Å². The Morgan fingerprint density at radius 3 is 2.90 bits per heavy atom. The molecule has 1 aliphatic heterocycles. The quantitative estimate of drug-likeness (QED) is 0.921. The Bertz CT molecular complexity index is 457. The summed E-state index contributed by atoms with van der Waals surface area (Å²) in [5, 5.41) is 10.8. The van der Waals surface area contributed by atoms with Gasteiger partial charge in [0.2, 0.25) is 0 Å². The molecule has 1 aromatic carbocycles. The van der Waals surface area contributed by atoms with Gasteiger partial charge in [-0.2, -0.15) is 0 Å². The molecule has 2 unspecified atom stereocenters. The molecular formula is C15H22ClFN2O. The fourth-order valence-corrected chi connectivity index (χ4v) is 2.90. The summed E-state index contributed by atoms with van der Waals surface area (Å²) in [7, 11) is 4.18. The van der Waals surface area contributed by atoms with Gasteiger partial charge in [0.05, 0.1) is 6.10 Å². The number of hydrogen-bond donors (Lipinski definition) is 1. The van der Waals surface area contributed by atoms with Crippen LogP contribution in [0, 0.1) is 5.82 Å². The number of likely N-dealkylation sites (N-methyl/N-ethyl adjacent to an activating group) is 2. The second-order valence-electron chi connectivity index (χ2n) is 5.73. The minimum atomic E-state index is -0.506. The van der Waals surface area contributed by atoms with E-state index in [4.69, 9.17) is 11.6 Å². The molecule has 0 aliphatic carbocycles. The van der Waals surface area contributed by atoms with Crippen molar-refractivity contribution < 1.29 is 9.50 Å². The minimum absolute atomic E-state index is 0.314. The standard InChI is InChI=1S/C15H22ClFN2O/c1-18-5-6-19(2)13(10-18)9-14(20)8-11-7-12(17)3-4-15(11)16/h3-4,7,13-14,20H,5-6,8-10H2,1-2H3. The highest BCUT2D eigenvalue weighted by atomic mass is 35.5. The maximum atomic E-state index is 13.2. The van der Waals surface area contributed by atoms with Gasteiger partial charge >= 0.3 is 0 Å². The molecule has 0 bridgehead atoms. The third-order valence-corrected chi connectivity index (χ3v) is 4.36. The number of aliphatic hydroxyl groups is 1. The SMILES string of the molecule is CN1CCN(C)C(CC(O)Cc2cc(F)ccc2Cl)C1. The Hall–Kier alpha value is -0.680. The van der Waals surface area contributed by atoms with Gasteiger partial charge in [-0.15, -0.1) is 0 Å². The first kappa shape index (κ1) is 15.7. The molecule has 3 nitrogen and oxygen atoms in total. The van der Waals surface area contributed by atoms with Crippen LogP contribution in [-0.2, 0) is 6.42 Å². The minimum Gasteiger partial charge on any atom is -0.393 e. The Balaban J connectivity index is 1.94. The summed E-state index contributed by atoms with van der Waals surface area (Å²) in [5.41, 5.74) is 0.672. The van der Waals surface area contributed by atoms with Gasteiger partial charge in [0.25, 0.3) is 0 Å². The van der Waals surface area contributed by atoms with Crippen molar-refractivity contribution in [1.82, 2.24) is 9.80 Å². The lowest BCUT2D eigenvalue weighted by Crippen LogP contribution is -2.51.